The average molecular weight is 543 g/mol. The largest absolute Gasteiger partial charge is 0.466 e. The smallest absolute Gasteiger partial charge is 0.308 e. The summed E-state index contributed by atoms with van der Waals surface area (Å²) >= 11 is 0. The first-order chi connectivity index (χ1) is 18.8. The number of pyridine rings is 1. The maximum absolute atomic E-state index is 13.8. The second-order valence-corrected chi connectivity index (χ2v) is 10.2. The van der Waals surface area contributed by atoms with Gasteiger partial charge >= 0.3 is 5.97 Å². The van der Waals surface area contributed by atoms with Crippen molar-refractivity contribution in [3.05, 3.63) is 42.2 Å². The number of ether oxygens (including phenoxy) is 1. The number of oxazole rings is 1. The Kier molecular flexibility index (Phi) is 7.89. The van der Waals surface area contributed by atoms with Crippen molar-refractivity contribution in [2.24, 2.45) is 11.8 Å². The molecule has 3 heterocycles. The molecule has 5 rings (SSSR count). The number of carbonyl (C=O) groups is 2. The zero-order valence-corrected chi connectivity index (χ0v) is 22.0. The Morgan fingerprint density at radius 1 is 1.23 bits per heavy atom. The monoisotopic (exact) mass is 542 g/mol. The quantitative estimate of drug-likeness (QED) is 0.345. The first-order valence-corrected chi connectivity index (χ1v) is 13.3. The third kappa shape index (κ3) is 6.26. The topological polar surface area (TPSA) is 115 Å². The summed E-state index contributed by atoms with van der Waals surface area (Å²) in [7, 11) is 1.98. The summed E-state index contributed by atoms with van der Waals surface area (Å²) in [6.45, 7) is 3.01. The minimum atomic E-state index is -2.88. The number of hydrogen-bond acceptors (Lipinski definition) is 8. The predicted molar refractivity (Wildman–Crippen MR) is 138 cm³/mol. The Balaban J connectivity index is 1.26. The van der Waals surface area contributed by atoms with Gasteiger partial charge in [-0.2, -0.15) is 5.10 Å². The molecule has 2 saturated carbocycles. The van der Waals surface area contributed by atoms with Crippen LogP contribution in [0.2, 0.25) is 0 Å². The van der Waals surface area contributed by atoms with Crippen molar-refractivity contribution < 1.29 is 27.5 Å². The highest BCUT2D eigenvalue weighted by Crippen LogP contribution is 2.35. The predicted octanol–water partition coefficient (Wildman–Crippen LogP) is 5.26. The lowest BCUT2D eigenvalue weighted by Gasteiger charge is -2.27. The summed E-state index contributed by atoms with van der Waals surface area (Å²) in [6, 6.07) is 3.42. The van der Waals surface area contributed by atoms with Gasteiger partial charge < -0.3 is 19.4 Å². The van der Waals surface area contributed by atoms with Crippen LogP contribution in [0.3, 0.4) is 0 Å². The molecule has 1 amide bonds. The molecule has 10 nitrogen and oxygen atoms in total. The fourth-order valence-corrected chi connectivity index (χ4v) is 4.92. The lowest BCUT2D eigenvalue weighted by molar-refractivity contribution is -0.149. The van der Waals surface area contributed by atoms with Crippen LogP contribution in [0.25, 0.3) is 11.5 Å². The first kappa shape index (κ1) is 26.8. The number of alkyl halides is 2. The average Bonchev–Trinajstić information content (AvgIpc) is 3.43. The second kappa shape index (κ2) is 11.5. The molecule has 0 saturated heterocycles. The number of rotatable bonds is 10. The van der Waals surface area contributed by atoms with Crippen LogP contribution in [0, 0.1) is 11.8 Å². The van der Waals surface area contributed by atoms with Gasteiger partial charge in [0.1, 0.15) is 12.1 Å². The standard InChI is InChI=1S/C27H32F2N6O4/c1-3-38-27(37)17-6-8-19(9-7-17)35-14-20(23(33-35)24(28)29)31-25(36)21-15-39-26(32-21)18-10-11-30-22(12-18)34(2)13-16-4-5-16/h10-12,14-17,19,24H,3-9,13H2,1-2H3,(H,31,36). The van der Waals surface area contributed by atoms with E-state index >= 15 is 0 Å². The molecule has 0 aliphatic heterocycles. The number of anilines is 2. The molecule has 0 aromatic carbocycles. The van der Waals surface area contributed by atoms with Crippen molar-refractivity contribution in [3.8, 4) is 11.5 Å². The lowest BCUT2D eigenvalue weighted by Crippen LogP contribution is -2.25. The molecule has 0 radical (unpaired) electrons. The van der Waals surface area contributed by atoms with Crippen LogP contribution in [0.5, 0.6) is 0 Å². The molecule has 3 aromatic heterocycles. The molecule has 208 valence electrons. The van der Waals surface area contributed by atoms with E-state index in [1.54, 1.807) is 19.2 Å². The van der Waals surface area contributed by atoms with Crippen LogP contribution in [0.4, 0.5) is 20.3 Å². The summed E-state index contributed by atoms with van der Waals surface area (Å²) in [4.78, 5) is 35.7. The molecule has 2 aliphatic rings. The van der Waals surface area contributed by atoms with Gasteiger partial charge in [-0.15, -0.1) is 0 Å². The Bertz CT molecular complexity index is 1310. The molecule has 39 heavy (non-hydrogen) atoms. The van der Waals surface area contributed by atoms with Crippen molar-refractivity contribution >= 4 is 23.4 Å². The van der Waals surface area contributed by atoms with Crippen LogP contribution in [-0.4, -0.2) is 51.8 Å². The summed E-state index contributed by atoms with van der Waals surface area (Å²) in [5.74, 6) is 0.595. The molecule has 2 fully saturated rings. The fraction of sp³-hybridized carbons (Fsp3) is 0.519. The number of carbonyl (C=O) groups excluding carboxylic acids is 2. The molecule has 0 unspecified atom stereocenters. The molecule has 0 bridgehead atoms. The second-order valence-electron chi connectivity index (χ2n) is 10.2. The van der Waals surface area contributed by atoms with Crippen molar-refractivity contribution in [3.63, 3.8) is 0 Å². The van der Waals surface area contributed by atoms with Gasteiger partial charge in [0.2, 0.25) is 5.89 Å². The van der Waals surface area contributed by atoms with Gasteiger partial charge in [0.15, 0.2) is 11.4 Å². The van der Waals surface area contributed by atoms with E-state index in [0.717, 1.165) is 12.4 Å². The maximum atomic E-state index is 13.8. The van der Waals surface area contributed by atoms with E-state index in [1.165, 1.54) is 30.0 Å². The summed E-state index contributed by atoms with van der Waals surface area (Å²) < 4.78 is 39.7. The molecule has 3 aromatic rings. The number of nitrogens with one attached hydrogen (secondary N) is 1. The number of nitrogens with zero attached hydrogens (tertiary/aromatic N) is 5. The Hall–Kier alpha value is -3.83. The molecular formula is C27H32F2N6O4. The molecule has 1 N–H and O–H groups in total. The third-order valence-electron chi connectivity index (χ3n) is 7.26. The van der Waals surface area contributed by atoms with Crippen LogP contribution < -0.4 is 10.2 Å². The number of halogens is 2. The Morgan fingerprint density at radius 2 is 2.00 bits per heavy atom. The fourth-order valence-electron chi connectivity index (χ4n) is 4.92. The number of amides is 1. The number of aromatic nitrogens is 4. The Labute approximate surface area is 224 Å². The van der Waals surface area contributed by atoms with Crippen LogP contribution >= 0.6 is 0 Å². The van der Waals surface area contributed by atoms with Gasteiger partial charge in [0, 0.05) is 31.5 Å². The van der Waals surface area contributed by atoms with E-state index in [1.807, 2.05) is 13.1 Å². The summed E-state index contributed by atoms with van der Waals surface area (Å²) in [6.07, 6.45) is 6.20. The van der Waals surface area contributed by atoms with Crippen molar-refractivity contribution in [1.29, 1.82) is 0 Å². The Morgan fingerprint density at radius 3 is 2.69 bits per heavy atom. The van der Waals surface area contributed by atoms with Crippen LogP contribution in [0.15, 0.2) is 35.2 Å². The first-order valence-electron chi connectivity index (χ1n) is 13.3. The van der Waals surface area contributed by atoms with E-state index in [0.29, 0.717) is 43.8 Å². The van der Waals surface area contributed by atoms with Crippen LogP contribution in [0.1, 0.15) is 74.1 Å². The van der Waals surface area contributed by atoms with Gasteiger partial charge in [-0.25, -0.2) is 18.7 Å². The normalized spacial score (nSPS) is 19.2. The van der Waals surface area contributed by atoms with E-state index in [9.17, 15) is 18.4 Å². The van der Waals surface area contributed by atoms with Gasteiger partial charge in [0.25, 0.3) is 12.3 Å². The number of hydrogen-bond donors (Lipinski definition) is 1. The van der Waals surface area contributed by atoms with E-state index < -0.39 is 18.0 Å². The van der Waals surface area contributed by atoms with E-state index in [-0.39, 0.29) is 35.2 Å². The van der Waals surface area contributed by atoms with E-state index in [4.69, 9.17) is 9.15 Å². The van der Waals surface area contributed by atoms with Crippen LogP contribution in [-0.2, 0) is 9.53 Å². The highest BCUT2D eigenvalue weighted by atomic mass is 19.3. The third-order valence-corrected chi connectivity index (χ3v) is 7.26. The van der Waals surface area contributed by atoms with E-state index in [2.05, 4.69) is 25.3 Å². The zero-order valence-electron chi connectivity index (χ0n) is 22.0. The van der Waals surface area contributed by atoms with Crippen molar-refractivity contribution in [2.75, 3.05) is 30.4 Å². The molecule has 2 aliphatic carbocycles. The SMILES string of the molecule is CCOC(=O)C1CCC(n2cc(NC(=O)c3coc(-c4ccnc(N(C)CC5CC5)c4)n3)c(C(F)F)n2)CC1. The van der Waals surface area contributed by atoms with Crippen molar-refractivity contribution in [1.82, 2.24) is 19.7 Å². The summed E-state index contributed by atoms with van der Waals surface area (Å²) in [5.41, 5.74) is 0.0100. The van der Waals surface area contributed by atoms with Gasteiger partial charge in [-0.1, -0.05) is 0 Å². The zero-order chi connectivity index (χ0) is 27.5. The lowest BCUT2D eigenvalue weighted by atomic mass is 9.86. The summed E-state index contributed by atoms with van der Waals surface area (Å²) in [5, 5.41) is 6.59. The van der Waals surface area contributed by atoms with Gasteiger partial charge in [-0.3, -0.25) is 14.3 Å². The minimum absolute atomic E-state index is 0.0439. The maximum Gasteiger partial charge on any atom is 0.308 e. The molecular weight excluding hydrogens is 510 g/mol. The molecule has 0 atom stereocenters. The van der Waals surface area contributed by atoms with Gasteiger partial charge in [0.05, 0.1) is 24.3 Å². The molecule has 0 spiro atoms. The van der Waals surface area contributed by atoms with Crippen molar-refractivity contribution in [2.45, 2.75) is 57.9 Å². The minimum Gasteiger partial charge on any atom is -0.466 e. The molecule has 12 heteroatoms. The van der Waals surface area contributed by atoms with Gasteiger partial charge in [-0.05, 0) is 63.5 Å². The highest BCUT2D eigenvalue weighted by molar-refractivity contribution is 6.03. The highest BCUT2D eigenvalue weighted by Gasteiger charge is 2.30. The number of esters is 1.